The number of hydrogen-bond donors (Lipinski definition) is 0. The quantitative estimate of drug-likeness (QED) is 0.603. The third-order valence-electron chi connectivity index (χ3n) is 6.84. The summed E-state index contributed by atoms with van der Waals surface area (Å²) in [4.78, 5) is 27.0. The minimum atomic E-state index is -3.62. The van der Waals surface area contributed by atoms with Crippen LogP contribution in [0.2, 0.25) is 0 Å². The van der Waals surface area contributed by atoms with E-state index in [2.05, 4.69) is 0 Å². The summed E-state index contributed by atoms with van der Waals surface area (Å²) in [5, 5.41) is 0. The number of sulfonamides is 1. The molecule has 0 N–H and O–H groups in total. The first-order chi connectivity index (χ1) is 15.1. The van der Waals surface area contributed by atoms with Crippen LogP contribution in [0.1, 0.15) is 61.6 Å². The van der Waals surface area contributed by atoms with E-state index in [1.54, 1.807) is 11.9 Å². The molecule has 1 amide bonds. The van der Waals surface area contributed by atoms with Crippen LogP contribution in [0.4, 0.5) is 0 Å². The standard InChI is InChI=1S/C24H36N2O5S/c1-17-14-18(2)23(19(3)15-17)32(29,30)26-12-10-20(11-13-26)24(28)31-16-22(27)25(4)21-8-6-5-7-9-21/h14-15,20-21H,5-13,16H2,1-4H3. The second kappa shape index (κ2) is 10.3. The zero-order valence-electron chi connectivity index (χ0n) is 19.7. The van der Waals surface area contributed by atoms with E-state index in [0.29, 0.717) is 17.7 Å². The lowest BCUT2D eigenvalue weighted by atomic mass is 9.94. The second-order valence-electron chi connectivity index (χ2n) is 9.31. The number of likely N-dealkylation sites (N-methyl/N-ethyl adjacent to an activating group) is 1. The molecule has 3 rings (SSSR count). The number of piperidine rings is 1. The molecular weight excluding hydrogens is 428 g/mol. The third-order valence-corrected chi connectivity index (χ3v) is 9.05. The number of ether oxygens (including phenoxy) is 1. The van der Waals surface area contributed by atoms with Crippen molar-refractivity contribution in [3.63, 3.8) is 0 Å². The summed E-state index contributed by atoms with van der Waals surface area (Å²) in [6, 6.07) is 3.99. The molecule has 0 aromatic heterocycles. The first-order valence-corrected chi connectivity index (χ1v) is 13.1. The molecule has 1 aromatic carbocycles. The van der Waals surface area contributed by atoms with Gasteiger partial charge in [-0.2, -0.15) is 4.31 Å². The molecular formula is C24H36N2O5S. The molecule has 0 atom stereocenters. The Bertz CT molecular complexity index is 922. The fraction of sp³-hybridized carbons (Fsp3) is 0.667. The smallest absolute Gasteiger partial charge is 0.309 e. The van der Waals surface area contributed by atoms with E-state index in [4.69, 9.17) is 4.74 Å². The molecule has 178 valence electrons. The monoisotopic (exact) mass is 464 g/mol. The van der Waals surface area contributed by atoms with Gasteiger partial charge in [-0.15, -0.1) is 0 Å². The average molecular weight is 465 g/mol. The summed E-state index contributed by atoms with van der Waals surface area (Å²) in [6.45, 7) is 5.88. The van der Waals surface area contributed by atoms with Crippen LogP contribution < -0.4 is 0 Å². The summed E-state index contributed by atoms with van der Waals surface area (Å²) in [7, 11) is -1.84. The molecule has 0 unspecified atom stereocenters. The largest absolute Gasteiger partial charge is 0.455 e. The fourth-order valence-electron chi connectivity index (χ4n) is 5.06. The van der Waals surface area contributed by atoms with Gasteiger partial charge in [0, 0.05) is 26.2 Å². The van der Waals surface area contributed by atoms with Crippen molar-refractivity contribution in [3.05, 3.63) is 28.8 Å². The Balaban J connectivity index is 1.53. The molecule has 2 aliphatic rings. The van der Waals surface area contributed by atoms with E-state index in [-0.39, 0.29) is 37.6 Å². The predicted molar refractivity (Wildman–Crippen MR) is 123 cm³/mol. The predicted octanol–water partition coefficient (Wildman–Crippen LogP) is 3.35. The molecule has 8 heteroatoms. The minimum absolute atomic E-state index is 0.171. The van der Waals surface area contributed by atoms with Crippen LogP contribution in [0.3, 0.4) is 0 Å². The summed E-state index contributed by atoms with van der Waals surface area (Å²) >= 11 is 0. The molecule has 0 spiro atoms. The molecule has 1 saturated carbocycles. The van der Waals surface area contributed by atoms with Crippen LogP contribution in [0.15, 0.2) is 17.0 Å². The van der Waals surface area contributed by atoms with Gasteiger partial charge in [-0.25, -0.2) is 8.42 Å². The van der Waals surface area contributed by atoms with Crippen LogP contribution in [-0.4, -0.2) is 62.3 Å². The summed E-state index contributed by atoms with van der Waals surface area (Å²) in [5.74, 6) is -0.958. The molecule has 32 heavy (non-hydrogen) atoms. The summed E-state index contributed by atoms with van der Waals surface area (Å²) in [6.07, 6.45) is 6.27. The van der Waals surface area contributed by atoms with Crippen molar-refractivity contribution in [1.29, 1.82) is 0 Å². The Morgan fingerprint density at radius 2 is 1.56 bits per heavy atom. The van der Waals surface area contributed by atoms with Gasteiger partial charge >= 0.3 is 5.97 Å². The fourth-order valence-corrected chi connectivity index (χ4v) is 6.94. The topological polar surface area (TPSA) is 84.0 Å². The van der Waals surface area contributed by atoms with Crippen LogP contribution >= 0.6 is 0 Å². The van der Waals surface area contributed by atoms with E-state index in [0.717, 1.165) is 42.4 Å². The van der Waals surface area contributed by atoms with Gasteiger partial charge in [0.2, 0.25) is 10.0 Å². The number of carbonyl (C=O) groups is 2. The first kappa shape index (κ1) is 24.7. The molecule has 0 bridgehead atoms. The number of nitrogens with zero attached hydrogens (tertiary/aromatic N) is 2. The zero-order valence-corrected chi connectivity index (χ0v) is 20.5. The molecule has 2 fully saturated rings. The highest BCUT2D eigenvalue weighted by molar-refractivity contribution is 7.89. The molecule has 1 aliphatic heterocycles. The average Bonchev–Trinajstić information content (AvgIpc) is 2.76. The number of esters is 1. The van der Waals surface area contributed by atoms with Gasteiger partial charge in [0.15, 0.2) is 6.61 Å². The number of aryl methyl sites for hydroxylation is 3. The molecule has 1 aliphatic carbocycles. The van der Waals surface area contributed by atoms with Crippen molar-refractivity contribution < 1.29 is 22.7 Å². The third kappa shape index (κ3) is 5.52. The Labute approximate surface area is 192 Å². The minimum Gasteiger partial charge on any atom is -0.455 e. The maximum atomic E-state index is 13.2. The summed E-state index contributed by atoms with van der Waals surface area (Å²) < 4.78 is 33.2. The SMILES string of the molecule is Cc1cc(C)c(S(=O)(=O)N2CCC(C(=O)OCC(=O)N(C)C3CCCCC3)CC2)c(C)c1. The Kier molecular flexibility index (Phi) is 7.98. The summed E-state index contributed by atoms with van der Waals surface area (Å²) in [5.41, 5.74) is 2.51. The highest BCUT2D eigenvalue weighted by Gasteiger charge is 2.34. The second-order valence-corrected chi connectivity index (χ2v) is 11.2. The number of rotatable bonds is 6. The molecule has 0 radical (unpaired) electrons. The van der Waals surface area contributed by atoms with Gasteiger partial charge < -0.3 is 9.64 Å². The highest BCUT2D eigenvalue weighted by Crippen LogP contribution is 2.29. The van der Waals surface area contributed by atoms with Crippen LogP contribution in [0, 0.1) is 26.7 Å². The van der Waals surface area contributed by atoms with Crippen molar-refractivity contribution in [2.45, 2.75) is 76.7 Å². The number of benzene rings is 1. The van der Waals surface area contributed by atoms with Crippen LogP contribution in [0.5, 0.6) is 0 Å². The first-order valence-electron chi connectivity index (χ1n) is 11.6. The lowest BCUT2D eigenvalue weighted by Crippen LogP contribution is -2.43. The van der Waals surface area contributed by atoms with E-state index in [1.165, 1.54) is 10.7 Å². The molecule has 1 saturated heterocycles. The maximum absolute atomic E-state index is 13.2. The van der Waals surface area contributed by atoms with Gasteiger partial charge in [-0.05, 0) is 57.6 Å². The Hall–Kier alpha value is -1.93. The molecule has 1 aromatic rings. The van der Waals surface area contributed by atoms with Gasteiger partial charge in [-0.1, -0.05) is 37.0 Å². The van der Waals surface area contributed by atoms with Crippen molar-refractivity contribution in [2.24, 2.45) is 5.92 Å². The molecule has 7 nitrogen and oxygen atoms in total. The van der Waals surface area contributed by atoms with Crippen molar-refractivity contribution in [3.8, 4) is 0 Å². The van der Waals surface area contributed by atoms with E-state index in [9.17, 15) is 18.0 Å². The molecule has 1 heterocycles. The van der Waals surface area contributed by atoms with Gasteiger partial charge in [0.1, 0.15) is 0 Å². The number of carbonyl (C=O) groups excluding carboxylic acids is 2. The zero-order chi connectivity index (χ0) is 23.5. The van der Waals surface area contributed by atoms with E-state index in [1.807, 2.05) is 32.9 Å². The van der Waals surface area contributed by atoms with Crippen LogP contribution in [-0.2, 0) is 24.3 Å². The van der Waals surface area contributed by atoms with E-state index < -0.39 is 16.0 Å². The van der Waals surface area contributed by atoms with Gasteiger partial charge in [0.05, 0.1) is 10.8 Å². The van der Waals surface area contributed by atoms with E-state index >= 15 is 0 Å². The maximum Gasteiger partial charge on any atom is 0.309 e. The number of hydrogen-bond acceptors (Lipinski definition) is 5. The lowest BCUT2D eigenvalue weighted by Gasteiger charge is -2.32. The highest BCUT2D eigenvalue weighted by atomic mass is 32.2. The lowest BCUT2D eigenvalue weighted by molar-refractivity contribution is -0.157. The Morgan fingerprint density at radius 3 is 2.12 bits per heavy atom. The Morgan fingerprint density at radius 1 is 1.00 bits per heavy atom. The van der Waals surface area contributed by atoms with Crippen LogP contribution in [0.25, 0.3) is 0 Å². The van der Waals surface area contributed by atoms with Gasteiger partial charge in [-0.3, -0.25) is 9.59 Å². The van der Waals surface area contributed by atoms with Crippen molar-refractivity contribution in [1.82, 2.24) is 9.21 Å². The normalized spacial score (nSPS) is 19.0. The van der Waals surface area contributed by atoms with Crippen molar-refractivity contribution in [2.75, 3.05) is 26.7 Å². The van der Waals surface area contributed by atoms with Gasteiger partial charge in [0.25, 0.3) is 5.91 Å². The van der Waals surface area contributed by atoms with Crippen molar-refractivity contribution >= 4 is 21.9 Å². The number of amides is 1.